The zero-order valence-electron chi connectivity index (χ0n) is 9.43. The molecular weight excluding hydrogens is 208 g/mol. The molecule has 1 rings (SSSR count). The van der Waals surface area contributed by atoms with Crippen LogP contribution in [0.4, 0.5) is 0 Å². The summed E-state index contributed by atoms with van der Waals surface area (Å²) in [7, 11) is 1.50. The number of ether oxygens (including phenoxy) is 1. The van der Waals surface area contributed by atoms with Crippen LogP contribution < -0.4 is 11.1 Å². The standard InChI is InChI=1S/C10H16N4O2/c1-7-3-13-8(4-12-7)5-14-10(15)9(11)6-16-2/h3-4,9H,5-6,11H2,1-2H3,(H,14,15). The lowest BCUT2D eigenvalue weighted by Gasteiger charge is -2.10. The van der Waals surface area contributed by atoms with Crippen LogP contribution in [0.3, 0.4) is 0 Å². The SMILES string of the molecule is COCC(N)C(=O)NCc1cnc(C)cn1. The van der Waals surface area contributed by atoms with Gasteiger partial charge in [-0.1, -0.05) is 0 Å². The molecule has 0 saturated heterocycles. The summed E-state index contributed by atoms with van der Waals surface area (Å²) in [5, 5.41) is 2.66. The number of amides is 1. The van der Waals surface area contributed by atoms with Gasteiger partial charge in [0.2, 0.25) is 5.91 Å². The Morgan fingerprint density at radius 3 is 2.88 bits per heavy atom. The molecule has 0 aliphatic heterocycles. The topological polar surface area (TPSA) is 90.1 Å². The Balaban J connectivity index is 2.39. The first kappa shape index (κ1) is 12.5. The number of methoxy groups -OCH3 is 1. The highest BCUT2D eigenvalue weighted by Crippen LogP contribution is 1.93. The number of carbonyl (C=O) groups excluding carboxylic acids is 1. The summed E-state index contributed by atoms with van der Waals surface area (Å²) >= 11 is 0. The molecule has 1 heterocycles. The Morgan fingerprint density at radius 1 is 1.56 bits per heavy atom. The summed E-state index contributed by atoms with van der Waals surface area (Å²) < 4.78 is 4.78. The maximum absolute atomic E-state index is 11.4. The predicted molar refractivity (Wildman–Crippen MR) is 58.5 cm³/mol. The zero-order chi connectivity index (χ0) is 12.0. The van der Waals surface area contributed by atoms with Gasteiger partial charge in [-0.2, -0.15) is 0 Å². The van der Waals surface area contributed by atoms with Crippen molar-refractivity contribution < 1.29 is 9.53 Å². The molecule has 88 valence electrons. The van der Waals surface area contributed by atoms with Gasteiger partial charge in [-0.05, 0) is 6.92 Å². The predicted octanol–water partition coefficient (Wildman–Crippen LogP) is -0.625. The quantitative estimate of drug-likeness (QED) is 0.695. The van der Waals surface area contributed by atoms with E-state index in [1.165, 1.54) is 7.11 Å². The van der Waals surface area contributed by atoms with Crippen LogP contribution in [0, 0.1) is 6.92 Å². The van der Waals surface area contributed by atoms with Crippen molar-refractivity contribution in [1.29, 1.82) is 0 Å². The third kappa shape index (κ3) is 3.92. The fourth-order valence-electron chi connectivity index (χ4n) is 1.07. The summed E-state index contributed by atoms with van der Waals surface area (Å²) in [6.45, 7) is 2.37. The summed E-state index contributed by atoms with van der Waals surface area (Å²) in [5.41, 5.74) is 7.08. The lowest BCUT2D eigenvalue weighted by atomic mass is 10.3. The number of hydrogen-bond acceptors (Lipinski definition) is 5. The summed E-state index contributed by atoms with van der Waals surface area (Å²) in [6, 6.07) is -0.650. The largest absolute Gasteiger partial charge is 0.383 e. The van der Waals surface area contributed by atoms with E-state index in [4.69, 9.17) is 10.5 Å². The fraction of sp³-hybridized carbons (Fsp3) is 0.500. The molecule has 16 heavy (non-hydrogen) atoms. The highest BCUT2D eigenvalue weighted by molar-refractivity contribution is 5.81. The van der Waals surface area contributed by atoms with Crippen LogP contribution in [0.15, 0.2) is 12.4 Å². The molecule has 6 heteroatoms. The normalized spacial score (nSPS) is 12.2. The van der Waals surface area contributed by atoms with Crippen molar-refractivity contribution in [3.05, 3.63) is 23.8 Å². The van der Waals surface area contributed by atoms with E-state index in [-0.39, 0.29) is 12.5 Å². The molecule has 1 aromatic heterocycles. The number of aromatic nitrogens is 2. The first-order valence-corrected chi connectivity index (χ1v) is 4.93. The van der Waals surface area contributed by atoms with Gasteiger partial charge in [0.05, 0.1) is 30.7 Å². The van der Waals surface area contributed by atoms with Crippen molar-refractivity contribution >= 4 is 5.91 Å². The van der Waals surface area contributed by atoms with E-state index in [1.54, 1.807) is 12.4 Å². The molecule has 0 bridgehead atoms. The Hall–Kier alpha value is -1.53. The maximum atomic E-state index is 11.4. The Kier molecular flexibility index (Phi) is 4.81. The number of rotatable bonds is 5. The van der Waals surface area contributed by atoms with Gasteiger partial charge in [0.25, 0.3) is 0 Å². The summed E-state index contributed by atoms with van der Waals surface area (Å²) in [6.07, 6.45) is 3.27. The molecule has 1 amide bonds. The van der Waals surface area contributed by atoms with E-state index in [0.717, 1.165) is 5.69 Å². The monoisotopic (exact) mass is 224 g/mol. The highest BCUT2D eigenvalue weighted by Gasteiger charge is 2.12. The second-order valence-corrected chi connectivity index (χ2v) is 3.43. The Morgan fingerprint density at radius 2 is 2.31 bits per heavy atom. The molecule has 0 saturated carbocycles. The second kappa shape index (κ2) is 6.14. The van der Waals surface area contributed by atoms with Crippen LogP contribution in [0.2, 0.25) is 0 Å². The van der Waals surface area contributed by atoms with Crippen LogP contribution >= 0.6 is 0 Å². The van der Waals surface area contributed by atoms with Gasteiger partial charge in [0, 0.05) is 13.3 Å². The molecule has 1 aromatic rings. The third-order valence-electron chi connectivity index (χ3n) is 1.96. The third-order valence-corrected chi connectivity index (χ3v) is 1.96. The molecule has 0 aliphatic carbocycles. The first-order valence-electron chi connectivity index (χ1n) is 4.93. The zero-order valence-corrected chi connectivity index (χ0v) is 9.43. The number of hydrogen-bond donors (Lipinski definition) is 2. The molecule has 0 radical (unpaired) electrons. The van der Waals surface area contributed by atoms with Gasteiger partial charge in [-0.15, -0.1) is 0 Å². The van der Waals surface area contributed by atoms with Gasteiger partial charge >= 0.3 is 0 Å². The highest BCUT2D eigenvalue weighted by atomic mass is 16.5. The maximum Gasteiger partial charge on any atom is 0.239 e. The number of carbonyl (C=O) groups is 1. The average Bonchev–Trinajstić information content (AvgIpc) is 2.28. The van der Waals surface area contributed by atoms with Gasteiger partial charge in [-0.3, -0.25) is 14.8 Å². The number of aryl methyl sites for hydroxylation is 1. The molecule has 0 spiro atoms. The van der Waals surface area contributed by atoms with E-state index in [0.29, 0.717) is 12.2 Å². The molecule has 1 unspecified atom stereocenters. The summed E-state index contributed by atoms with van der Waals surface area (Å²) in [5.74, 6) is -0.260. The van der Waals surface area contributed by atoms with E-state index in [9.17, 15) is 4.79 Å². The molecule has 0 aliphatic rings. The minimum atomic E-state index is -0.650. The van der Waals surface area contributed by atoms with Gasteiger partial charge in [0.15, 0.2) is 0 Å². The van der Waals surface area contributed by atoms with Crippen molar-refractivity contribution in [3.8, 4) is 0 Å². The van der Waals surface area contributed by atoms with E-state index in [2.05, 4.69) is 15.3 Å². The van der Waals surface area contributed by atoms with Crippen LogP contribution in [0.1, 0.15) is 11.4 Å². The van der Waals surface area contributed by atoms with Gasteiger partial charge < -0.3 is 15.8 Å². The lowest BCUT2D eigenvalue weighted by Crippen LogP contribution is -2.43. The molecule has 0 aromatic carbocycles. The first-order chi connectivity index (χ1) is 7.63. The van der Waals surface area contributed by atoms with E-state index >= 15 is 0 Å². The minimum absolute atomic E-state index is 0.200. The minimum Gasteiger partial charge on any atom is -0.383 e. The van der Waals surface area contributed by atoms with Crippen LogP contribution in [0.25, 0.3) is 0 Å². The van der Waals surface area contributed by atoms with Gasteiger partial charge in [0.1, 0.15) is 6.04 Å². The van der Waals surface area contributed by atoms with Crippen LogP contribution in [0.5, 0.6) is 0 Å². The second-order valence-electron chi connectivity index (χ2n) is 3.43. The van der Waals surface area contributed by atoms with Gasteiger partial charge in [-0.25, -0.2) is 0 Å². The number of nitrogens with one attached hydrogen (secondary N) is 1. The smallest absolute Gasteiger partial charge is 0.239 e. The van der Waals surface area contributed by atoms with E-state index in [1.807, 2.05) is 6.92 Å². The molecule has 1 atom stereocenters. The van der Waals surface area contributed by atoms with Crippen molar-refractivity contribution in [2.75, 3.05) is 13.7 Å². The summed E-state index contributed by atoms with van der Waals surface area (Å²) in [4.78, 5) is 19.6. The number of nitrogens with two attached hydrogens (primary N) is 1. The molecular formula is C10H16N4O2. The Bertz CT molecular complexity index is 339. The van der Waals surface area contributed by atoms with Crippen LogP contribution in [-0.4, -0.2) is 35.6 Å². The molecule has 6 nitrogen and oxygen atoms in total. The van der Waals surface area contributed by atoms with Crippen LogP contribution in [-0.2, 0) is 16.1 Å². The lowest BCUT2D eigenvalue weighted by molar-refractivity contribution is -0.123. The molecule has 3 N–H and O–H groups in total. The van der Waals surface area contributed by atoms with Crippen molar-refractivity contribution in [2.45, 2.75) is 19.5 Å². The molecule has 0 fully saturated rings. The van der Waals surface area contributed by atoms with Crippen molar-refractivity contribution in [1.82, 2.24) is 15.3 Å². The van der Waals surface area contributed by atoms with Crippen molar-refractivity contribution in [3.63, 3.8) is 0 Å². The number of nitrogens with zero attached hydrogens (tertiary/aromatic N) is 2. The fourth-order valence-corrected chi connectivity index (χ4v) is 1.07. The Labute approximate surface area is 94.2 Å². The average molecular weight is 224 g/mol. The van der Waals surface area contributed by atoms with E-state index < -0.39 is 6.04 Å². The van der Waals surface area contributed by atoms with Crippen molar-refractivity contribution in [2.24, 2.45) is 5.73 Å².